The van der Waals surface area contributed by atoms with E-state index in [-0.39, 0.29) is 5.56 Å². The molecule has 1 fully saturated rings. The minimum Gasteiger partial charge on any atom is -0.378 e. The Morgan fingerprint density at radius 2 is 2.15 bits per heavy atom. The first kappa shape index (κ1) is 15.0. The van der Waals surface area contributed by atoms with Crippen LogP contribution in [0.4, 0.5) is 5.69 Å². The molecule has 6 nitrogen and oxygen atoms in total. The maximum Gasteiger partial charge on any atom is 0.268 e. The molecule has 1 aromatic rings. The lowest BCUT2D eigenvalue weighted by Gasteiger charge is -2.28. The van der Waals surface area contributed by atoms with Crippen molar-refractivity contribution in [3.8, 4) is 0 Å². The monoisotopic (exact) mass is 280 g/mol. The Labute approximate surface area is 119 Å². The summed E-state index contributed by atoms with van der Waals surface area (Å²) < 4.78 is 6.84. The molecule has 0 aromatic carbocycles. The first-order chi connectivity index (χ1) is 9.66. The standard InChI is InChI=1S/C14H24N4O2/c1-12(2)15-4-3-5-18-14(19)10-13(11-16-18)17-6-8-20-9-7-17/h10-12,15H,3-9H2,1-2H3. The van der Waals surface area contributed by atoms with E-state index >= 15 is 0 Å². The number of rotatable bonds is 6. The largest absolute Gasteiger partial charge is 0.378 e. The van der Waals surface area contributed by atoms with Gasteiger partial charge in [-0.3, -0.25) is 4.79 Å². The number of hydrogen-bond acceptors (Lipinski definition) is 5. The molecule has 0 atom stereocenters. The zero-order valence-electron chi connectivity index (χ0n) is 12.3. The van der Waals surface area contributed by atoms with Gasteiger partial charge in [-0.15, -0.1) is 0 Å². The van der Waals surface area contributed by atoms with E-state index < -0.39 is 0 Å². The van der Waals surface area contributed by atoms with E-state index in [1.165, 1.54) is 4.68 Å². The van der Waals surface area contributed by atoms with Gasteiger partial charge in [0.2, 0.25) is 0 Å². The third-order valence-electron chi connectivity index (χ3n) is 3.33. The van der Waals surface area contributed by atoms with Gasteiger partial charge >= 0.3 is 0 Å². The molecule has 1 aromatic heterocycles. The molecule has 2 rings (SSSR count). The maximum atomic E-state index is 12.0. The Kier molecular flexibility index (Phi) is 5.55. The van der Waals surface area contributed by atoms with Crippen molar-refractivity contribution in [3.05, 3.63) is 22.6 Å². The summed E-state index contributed by atoms with van der Waals surface area (Å²) in [6.07, 6.45) is 2.69. The highest BCUT2D eigenvalue weighted by molar-refractivity contribution is 5.43. The molecule has 0 aliphatic carbocycles. The Balaban J connectivity index is 1.90. The first-order valence-corrected chi connectivity index (χ1v) is 7.30. The normalized spacial score (nSPS) is 15.8. The van der Waals surface area contributed by atoms with Crippen molar-refractivity contribution in [3.63, 3.8) is 0 Å². The van der Waals surface area contributed by atoms with Gasteiger partial charge < -0.3 is 15.0 Å². The summed E-state index contributed by atoms with van der Waals surface area (Å²) in [5.41, 5.74) is 0.869. The van der Waals surface area contributed by atoms with Gasteiger partial charge in [-0.25, -0.2) is 4.68 Å². The van der Waals surface area contributed by atoms with Crippen LogP contribution in [0.3, 0.4) is 0 Å². The zero-order chi connectivity index (χ0) is 14.4. The first-order valence-electron chi connectivity index (χ1n) is 7.30. The summed E-state index contributed by atoms with van der Waals surface area (Å²) in [4.78, 5) is 14.2. The van der Waals surface area contributed by atoms with E-state index in [2.05, 4.69) is 29.2 Å². The smallest absolute Gasteiger partial charge is 0.268 e. The summed E-state index contributed by atoms with van der Waals surface area (Å²) >= 11 is 0. The number of morpholine rings is 1. The molecule has 1 saturated heterocycles. The number of ether oxygens (including phenoxy) is 1. The van der Waals surface area contributed by atoms with Crippen molar-refractivity contribution in [2.45, 2.75) is 32.9 Å². The molecule has 0 amide bonds. The highest BCUT2D eigenvalue weighted by Gasteiger charge is 2.12. The Morgan fingerprint density at radius 1 is 1.40 bits per heavy atom. The van der Waals surface area contributed by atoms with E-state index in [1.807, 2.05) is 0 Å². The van der Waals surface area contributed by atoms with E-state index in [0.29, 0.717) is 25.8 Å². The molecule has 1 N–H and O–H groups in total. The molecule has 0 spiro atoms. The fourth-order valence-corrected chi connectivity index (χ4v) is 2.21. The molecule has 0 saturated carbocycles. The van der Waals surface area contributed by atoms with Gasteiger partial charge in [0.05, 0.1) is 25.1 Å². The summed E-state index contributed by atoms with van der Waals surface area (Å²) in [5.74, 6) is 0. The van der Waals surface area contributed by atoms with E-state index in [0.717, 1.165) is 31.7 Å². The Bertz CT molecular complexity index is 466. The average Bonchev–Trinajstić information content (AvgIpc) is 2.45. The average molecular weight is 280 g/mol. The van der Waals surface area contributed by atoms with Crippen molar-refractivity contribution in [1.29, 1.82) is 0 Å². The van der Waals surface area contributed by atoms with Crippen molar-refractivity contribution in [1.82, 2.24) is 15.1 Å². The molecule has 0 radical (unpaired) electrons. The number of nitrogens with zero attached hydrogens (tertiary/aromatic N) is 3. The number of nitrogens with one attached hydrogen (secondary N) is 1. The quantitative estimate of drug-likeness (QED) is 0.768. The molecule has 20 heavy (non-hydrogen) atoms. The Morgan fingerprint density at radius 3 is 2.80 bits per heavy atom. The maximum absolute atomic E-state index is 12.0. The van der Waals surface area contributed by atoms with Crippen molar-refractivity contribution in [2.24, 2.45) is 0 Å². The van der Waals surface area contributed by atoms with E-state index in [4.69, 9.17) is 4.74 Å². The lowest BCUT2D eigenvalue weighted by Crippen LogP contribution is -2.37. The molecule has 1 aliphatic heterocycles. The van der Waals surface area contributed by atoms with Crippen LogP contribution in [0.1, 0.15) is 20.3 Å². The summed E-state index contributed by atoms with van der Waals surface area (Å²) in [6, 6.07) is 2.15. The predicted molar refractivity (Wildman–Crippen MR) is 79.3 cm³/mol. The Hall–Kier alpha value is -1.40. The number of anilines is 1. The van der Waals surface area contributed by atoms with E-state index in [1.54, 1.807) is 12.3 Å². The van der Waals surface area contributed by atoms with Crippen LogP contribution in [0.5, 0.6) is 0 Å². The molecular formula is C14H24N4O2. The zero-order valence-corrected chi connectivity index (χ0v) is 12.3. The van der Waals surface area contributed by atoms with Crippen molar-refractivity contribution < 1.29 is 4.74 Å². The lowest BCUT2D eigenvalue weighted by molar-refractivity contribution is 0.122. The van der Waals surface area contributed by atoms with E-state index in [9.17, 15) is 4.79 Å². The second-order valence-corrected chi connectivity index (χ2v) is 5.34. The fourth-order valence-electron chi connectivity index (χ4n) is 2.21. The minimum atomic E-state index is -0.0291. The van der Waals surface area contributed by atoms with Gasteiger partial charge in [-0.2, -0.15) is 5.10 Å². The molecular weight excluding hydrogens is 256 g/mol. The summed E-state index contributed by atoms with van der Waals surface area (Å²) in [7, 11) is 0. The van der Waals surface area contributed by atoms with Crippen LogP contribution in [0.2, 0.25) is 0 Å². The third-order valence-corrected chi connectivity index (χ3v) is 3.33. The minimum absolute atomic E-state index is 0.0291. The van der Waals surface area contributed by atoms with Crippen LogP contribution in [-0.4, -0.2) is 48.7 Å². The molecule has 2 heterocycles. The molecule has 0 unspecified atom stereocenters. The predicted octanol–water partition coefficient (Wildman–Crippen LogP) is 0.468. The SMILES string of the molecule is CC(C)NCCCn1ncc(N2CCOCC2)cc1=O. The highest BCUT2D eigenvalue weighted by Crippen LogP contribution is 2.11. The molecule has 0 bridgehead atoms. The van der Waals surface area contributed by atoms with Crippen LogP contribution in [-0.2, 0) is 11.3 Å². The molecule has 6 heteroatoms. The fraction of sp³-hybridized carbons (Fsp3) is 0.714. The van der Waals surface area contributed by atoms with Crippen molar-refractivity contribution >= 4 is 5.69 Å². The van der Waals surface area contributed by atoms with Crippen LogP contribution in [0.15, 0.2) is 17.1 Å². The second kappa shape index (κ2) is 7.40. The van der Waals surface area contributed by atoms with Gasteiger partial charge in [0.15, 0.2) is 0 Å². The van der Waals surface area contributed by atoms with Crippen LogP contribution < -0.4 is 15.8 Å². The van der Waals surface area contributed by atoms with Gasteiger partial charge in [0.25, 0.3) is 5.56 Å². The second-order valence-electron chi connectivity index (χ2n) is 5.34. The highest BCUT2D eigenvalue weighted by atomic mass is 16.5. The van der Waals surface area contributed by atoms with Gasteiger partial charge in [0, 0.05) is 31.7 Å². The number of hydrogen-bond donors (Lipinski definition) is 1. The molecule has 1 aliphatic rings. The van der Waals surface area contributed by atoms with Crippen LogP contribution in [0, 0.1) is 0 Å². The van der Waals surface area contributed by atoms with Crippen molar-refractivity contribution in [2.75, 3.05) is 37.7 Å². The van der Waals surface area contributed by atoms with Crippen LogP contribution >= 0.6 is 0 Å². The van der Waals surface area contributed by atoms with Gasteiger partial charge in [-0.05, 0) is 13.0 Å². The lowest BCUT2D eigenvalue weighted by atomic mass is 10.3. The third kappa shape index (κ3) is 4.31. The van der Waals surface area contributed by atoms with Gasteiger partial charge in [-0.1, -0.05) is 13.8 Å². The molecule has 112 valence electrons. The number of aromatic nitrogens is 2. The van der Waals surface area contributed by atoms with Crippen LogP contribution in [0.25, 0.3) is 0 Å². The van der Waals surface area contributed by atoms with Gasteiger partial charge in [0.1, 0.15) is 0 Å². The summed E-state index contributed by atoms with van der Waals surface area (Å²) in [5, 5.41) is 7.60. The topological polar surface area (TPSA) is 59.4 Å². The summed E-state index contributed by atoms with van der Waals surface area (Å²) in [6.45, 7) is 8.85. The number of aryl methyl sites for hydroxylation is 1.